The van der Waals surface area contributed by atoms with Crippen molar-refractivity contribution < 1.29 is 23.7 Å². The van der Waals surface area contributed by atoms with E-state index in [4.69, 9.17) is 18.9 Å². The van der Waals surface area contributed by atoms with Gasteiger partial charge in [-0.15, -0.1) is 0 Å². The molecule has 0 unspecified atom stereocenters. The molecule has 3 aromatic rings. The molecule has 7 heteroatoms. The molecule has 0 atom stereocenters. The van der Waals surface area contributed by atoms with Crippen LogP contribution in [0.3, 0.4) is 0 Å². The van der Waals surface area contributed by atoms with Crippen molar-refractivity contribution in [2.24, 2.45) is 0 Å². The molecule has 0 saturated heterocycles. The molecule has 0 bridgehead atoms. The highest BCUT2D eigenvalue weighted by Gasteiger charge is 2.16. The predicted octanol–water partition coefficient (Wildman–Crippen LogP) is 4.39. The Bertz CT molecular complexity index is 1060. The van der Waals surface area contributed by atoms with Crippen molar-refractivity contribution in [2.45, 2.75) is 20.0 Å². The molecule has 3 rings (SSSR count). The molecule has 0 N–H and O–H groups in total. The van der Waals surface area contributed by atoms with Gasteiger partial charge in [0, 0.05) is 37.1 Å². The van der Waals surface area contributed by atoms with E-state index in [2.05, 4.69) is 4.98 Å². The second-order valence-corrected chi connectivity index (χ2v) is 7.41. The maximum atomic E-state index is 13.0. The number of hydrogen-bond donors (Lipinski definition) is 0. The molecule has 1 aromatic heterocycles. The SMILES string of the molecule is CCOc1cc(C(=O)N(C)CCc2ccc(OC)c(OC)c2)ccc1OCc1cccnc1. The zero-order valence-corrected chi connectivity index (χ0v) is 19.5. The molecule has 174 valence electrons. The van der Waals surface area contributed by atoms with Crippen LogP contribution in [-0.4, -0.2) is 50.2 Å². The van der Waals surface area contributed by atoms with Gasteiger partial charge < -0.3 is 23.8 Å². The zero-order valence-electron chi connectivity index (χ0n) is 19.5. The average Bonchev–Trinajstić information content (AvgIpc) is 2.86. The maximum absolute atomic E-state index is 13.0. The Morgan fingerprint density at radius 1 is 0.909 bits per heavy atom. The van der Waals surface area contributed by atoms with Crippen molar-refractivity contribution in [2.75, 3.05) is 34.4 Å². The first-order chi connectivity index (χ1) is 16.0. The fraction of sp³-hybridized carbons (Fsp3) is 0.308. The van der Waals surface area contributed by atoms with Gasteiger partial charge in [0.2, 0.25) is 0 Å². The third kappa shape index (κ3) is 6.38. The zero-order chi connectivity index (χ0) is 23.6. The molecule has 0 saturated carbocycles. The van der Waals surface area contributed by atoms with Crippen LogP contribution in [0.2, 0.25) is 0 Å². The highest BCUT2D eigenvalue weighted by Crippen LogP contribution is 2.30. The fourth-order valence-corrected chi connectivity index (χ4v) is 3.33. The molecule has 2 aromatic carbocycles. The summed E-state index contributed by atoms with van der Waals surface area (Å²) >= 11 is 0. The van der Waals surface area contributed by atoms with Crippen LogP contribution in [0, 0.1) is 0 Å². The molecular weight excluding hydrogens is 420 g/mol. The summed E-state index contributed by atoms with van der Waals surface area (Å²) in [4.78, 5) is 18.8. The smallest absolute Gasteiger partial charge is 0.253 e. The van der Waals surface area contributed by atoms with Gasteiger partial charge in [-0.2, -0.15) is 0 Å². The van der Waals surface area contributed by atoms with Gasteiger partial charge in [-0.05, 0) is 55.3 Å². The van der Waals surface area contributed by atoms with E-state index in [0.717, 1.165) is 11.1 Å². The third-order valence-electron chi connectivity index (χ3n) is 5.14. The van der Waals surface area contributed by atoms with Crippen LogP contribution in [0.1, 0.15) is 28.4 Å². The van der Waals surface area contributed by atoms with E-state index in [0.29, 0.717) is 54.7 Å². The minimum atomic E-state index is -0.0877. The van der Waals surface area contributed by atoms with E-state index in [1.165, 1.54) is 0 Å². The van der Waals surface area contributed by atoms with Gasteiger partial charge >= 0.3 is 0 Å². The van der Waals surface area contributed by atoms with Crippen molar-refractivity contribution in [3.05, 3.63) is 77.6 Å². The summed E-state index contributed by atoms with van der Waals surface area (Å²) in [5, 5.41) is 0. The first kappa shape index (κ1) is 23.9. The summed E-state index contributed by atoms with van der Waals surface area (Å²) in [5.74, 6) is 2.40. The number of pyridine rings is 1. The lowest BCUT2D eigenvalue weighted by molar-refractivity contribution is 0.0796. The molecule has 0 radical (unpaired) electrons. The molecule has 0 aliphatic rings. The second-order valence-electron chi connectivity index (χ2n) is 7.41. The minimum absolute atomic E-state index is 0.0877. The lowest BCUT2D eigenvalue weighted by Crippen LogP contribution is -2.28. The highest BCUT2D eigenvalue weighted by molar-refractivity contribution is 5.94. The topological polar surface area (TPSA) is 70.1 Å². The van der Waals surface area contributed by atoms with Crippen molar-refractivity contribution in [1.29, 1.82) is 0 Å². The number of benzene rings is 2. The van der Waals surface area contributed by atoms with Crippen LogP contribution in [0.25, 0.3) is 0 Å². The van der Waals surface area contributed by atoms with Gasteiger partial charge in [0.1, 0.15) is 6.61 Å². The van der Waals surface area contributed by atoms with Crippen LogP contribution in [0.4, 0.5) is 0 Å². The summed E-state index contributed by atoms with van der Waals surface area (Å²) < 4.78 is 22.3. The summed E-state index contributed by atoms with van der Waals surface area (Å²) in [6.45, 7) is 3.29. The van der Waals surface area contributed by atoms with Crippen molar-refractivity contribution in [3.8, 4) is 23.0 Å². The Labute approximate surface area is 194 Å². The van der Waals surface area contributed by atoms with E-state index in [1.807, 2.05) is 37.3 Å². The number of methoxy groups -OCH3 is 2. The van der Waals surface area contributed by atoms with Crippen LogP contribution >= 0.6 is 0 Å². The van der Waals surface area contributed by atoms with E-state index in [1.54, 1.807) is 56.8 Å². The summed E-state index contributed by atoms with van der Waals surface area (Å²) in [7, 11) is 5.00. The largest absolute Gasteiger partial charge is 0.493 e. The van der Waals surface area contributed by atoms with Gasteiger partial charge in [0.25, 0.3) is 5.91 Å². The summed E-state index contributed by atoms with van der Waals surface area (Å²) in [5.41, 5.74) is 2.55. The third-order valence-corrected chi connectivity index (χ3v) is 5.14. The molecule has 0 spiro atoms. The van der Waals surface area contributed by atoms with Crippen molar-refractivity contribution in [1.82, 2.24) is 9.88 Å². The Morgan fingerprint density at radius 3 is 2.39 bits per heavy atom. The van der Waals surface area contributed by atoms with Gasteiger partial charge in [0.15, 0.2) is 23.0 Å². The Hall–Kier alpha value is -3.74. The first-order valence-corrected chi connectivity index (χ1v) is 10.8. The summed E-state index contributed by atoms with van der Waals surface area (Å²) in [6, 6.07) is 14.8. The Kier molecular flexibility index (Phi) is 8.52. The van der Waals surface area contributed by atoms with Gasteiger partial charge in [-0.3, -0.25) is 9.78 Å². The molecule has 33 heavy (non-hydrogen) atoms. The van der Waals surface area contributed by atoms with Crippen LogP contribution in [0.15, 0.2) is 60.9 Å². The fourth-order valence-electron chi connectivity index (χ4n) is 3.33. The second kappa shape index (κ2) is 11.8. The average molecular weight is 451 g/mol. The number of hydrogen-bond acceptors (Lipinski definition) is 6. The lowest BCUT2D eigenvalue weighted by Gasteiger charge is -2.19. The van der Waals surface area contributed by atoms with E-state index < -0.39 is 0 Å². The normalized spacial score (nSPS) is 10.4. The van der Waals surface area contributed by atoms with Crippen molar-refractivity contribution >= 4 is 5.91 Å². The number of amides is 1. The predicted molar refractivity (Wildman–Crippen MR) is 126 cm³/mol. The van der Waals surface area contributed by atoms with E-state index in [-0.39, 0.29) is 5.91 Å². The molecule has 1 amide bonds. The molecule has 0 aliphatic heterocycles. The minimum Gasteiger partial charge on any atom is -0.493 e. The van der Waals surface area contributed by atoms with Gasteiger partial charge in [-0.25, -0.2) is 0 Å². The number of nitrogens with zero attached hydrogens (tertiary/aromatic N) is 2. The van der Waals surface area contributed by atoms with Gasteiger partial charge in [-0.1, -0.05) is 12.1 Å². The number of ether oxygens (including phenoxy) is 4. The maximum Gasteiger partial charge on any atom is 0.253 e. The monoisotopic (exact) mass is 450 g/mol. The highest BCUT2D eigenvalue weighted by atomic mass is 16.5. The van der Waals surface area contributed by atoms with Gasteiger partial charge in [0.05, 0.1) is 20.8 Å². The molecular formula is C26H30N2O5. The standard InChI is InChI=1S/C26H30N2O5/c1-5-32-25-16-21(9-11-23(25)33-18-20-7-6-13-27-17-20)26(29)28(2)14-12-19-8-10-22(30-3)24(15-19)31-4/h6-11,13,15-17H,5,12,14,18H2,1-4H3. The molecule has 1 heterocycles. The number of carbonyl (C=O) groups is 1. The number of aromatic nitrogens is 1. The van der Waals surface area contributed by atoms with Crippen molar-refractivity contribution in [3.63, 3.8) is 0 Å². The van der Waals surface area contributed by atoms with E-state index >= 15 is 0 Å². The van der Waals surface area contributed by atoms with Crippen LogP contribution in [0.5, 0.6) is 23.0 Å². The number of carbonyl (C=O) groups excluding carboxylic acids is 1. The van der Waals surface area contributed by atoms with Crippen LogP contribution < -0.4 is 18.9 Å². The molecule has 0 aliphatic carbocycles. The Balaban J connectivity index is 1.66. The first-order valence-electron chi connectivity index (χ1n) is 10.8. The quantitative estimate of drug-likeness (QED) is 0.432. The summed E-state index contributed by atoms with van der Waals surface area (Å²) in [6.07, 6.45) is 4.16. The van der Waals surface area contributed by atoms with Crippen LogP contribution in [-0.2, 0) is 13.0 Å². The Morgan fingerprint density at radius 2 is 1.70 bits per heavy atom. The number of likely N-dealkylation sites (N-methyl/N-ethyl adjacent to an activating group) is 1. The molecule has 7 nitrogen and oxygen atoms in total. The van der Waals surface area contributed by atoms with E-state index in [9.17, 15) is 4.79 Å². The molecule has 0 fully saturated rings. The lowest BCUT2D eigenvalue weighted by atomic mass is 10.1. The number of rotatable bonds is 11.